The Labute approximate surface area is 711 Å². The first-order chi connectivity index (χ1) is 60.0. The molecule has 4 saturated carbocycles. The third-order valence-corrected chi connectivity index (χ3v) is 25.0. The number of ether oxygens (including phenoxy) is 8. The number of alkyl halides is 2. The second kappa shape index (κ2) is 36.3. The van der Waals surface area contributed by atoms with E-state index < -0.39 is 91.8 Å². The van der Waals surface area contributed by atoms with E-state index in [0.717, 1.165) is 95.9 Å². The molecule has 20 rings (SSSR count). The fraction of sp³-hybridized carbons (Fsp3) is 0.461. The summed E-state index contributed by atoms with van der Waals surface area (Å²) in [6, 6.07) is 20.2. The van der Waals surface area contributed by atoms with Crippen LogP contribution in [0.3, 0.4) is 0 Å². The molecule has 32 nitrogen and oxygen atoms in total. The molecule has 17 atom stereocenters. The smallest absolute Gasteiger partial charge is 0.264 e. The lowest BCUT2D eigenvalue weighted by atomic mass is 9.98. The summed E-state index contributed by atoms with van der Waals surface area (Å²) in [5.41, 5.74) is 10.9. The van der Waals surface area contributed by atoms with Crippen molar-refractivity contribution in [2.45, 2.75) is 217 Å². The molecule has 124 heavy (non-hydrogen) atoms. The summed E-state index contributed by atoms with van der Waals surface area (Å²) >= 11 is 0. The highest BCUT2D eigenvalue weighted by molar-refractivity contribution is 5.81. The number of aryl methyl sites for hydroxylation is 5. The van der Waals surface area contributed by atoms with Crippen LogP contribution in [0, 0.1) is 40.4 Å². The molecule has 8 aromatic heterocycles. The number of hydrogen-bond donors (Lipinski definition) is 12. The number of rotatable bonds is 15. The average molecular weight is 1710 g/mol. The quantitative estimate of drug-likeness (QED) is 0.0468. The summed E-state index contributed by atoms with van der Waals surface area (Å²) in [6.07, 6.45) is 1.91. The molecule has 4 aromatic carbocycles. The van der Waals surface area contributed by atoms with Crippen molar-refractivity contribution >= 4 is 44.1 Å². The van der Waals surface area contributed by atoms with Crippen molar-refractivity contribution < 1.29 is 91.9 Å². The predicted octanol–water partition coefficient (Wildman–Crippen LogP) is 7.68. The van der Waals surface area contributed by atoms with Crippen LogP contribution in [0.25, 0.3) is 44.1 Å². The molecular formula is C89H103F3N16O16. The van der Waals surface area contributed by atoms with Crippen molar-refractivity contribution in [2.75, 3.05) is 46.1 Å². The van der Waals surface area contributed by atoms with Crippen LogP contribution in [-0.2, 0) is 32.6 Å². The van der Waals surface area contributed by atoms with Gasteiger partial charge in [-0.05, 0) is 128 Å². The molecule has 0 radical (unpaired) electrons. The van der Waals surface area contributed by atoms with Gasteiger partial charge in [0.05, 0.1) is 53.5 Å². The van der Waals surface area contributed by atoms with Crippen LogP contribution < -0.4 is 59.2 Å². The van der Waals surface area contributed by atoms with E-state index in [2.05, 4.69) is 68.1 Å². The van der Waals surface area contributed by atoms with Crippen LogP contribution in [0.4, 0.5) is 13.2 Å². The van der Waals surface area contributed by atoms with Gasteiger partial charge in [0, 0.05) is 157 Å². The second-order valence-electron chi connectivity index (χ2n) is 32.9. The number of aliphatic hydroxyl groups is 8. The molecule has 35 heteroatoms. The van der Waals surface area contributed by atoms with Gasteiger partial charge in [-0.3, -0.25) is 0 Å². The van der Waals surface area contributed by atoms with Crippen LogP contribution in [0.2, 0.25) is 0 Å². The number of nitrogens with zero attached hydrogens (tertiary/aromatic N) is 12. The number of nitrogens with one attached hydrogen (secondary N) is 4. The zero-order chi connectivity index (χ0) is 86.5. The maximum Gasteiger partial charge on any atom is 0.264 e. The van der Waals surface area contributed by atoms with Crippen LogP contribution in [0.15, 0.2) is 123 Å². The summed E-state index contributed by atoms with van der Waals surface area (Å²) in [6.45, 7) is 19.5. The van der Waals surface area contributed by atoms with E-state index in [1.807, 2.05) is 126 Å². The van der Waals surface area contributed by atoms with Crippen molar-refractivity contribution in [1.29, 1.82) is 0 Å². The molecule has 0 amide bonds. The molecule has 12 aromatic rings. The van der Waals surface area contributed by atoms with Gasteiger partial charge in [0.1, 0.15) is 181 Å². The number of aromatic nitrogens is 12. The van der Waals surface area contributed by atoms with Gasteiger partial charge in [-0.2, -0.15) is 0 Å². The van der Waals surface area contributed by atoms with E-state index in [-0.39, 0.29) is 47.4 Å². The first kappa shape index (κ1) is 85.2. The third-order valence-electron chi connectivity index (χ3n) is 25.0. The maximum atomic E-state index is 14.9. The van der Waals surface area contributed by atoms with Gasteiger partial charge in [0.25, 0.3) is 6.43 Å². The first-order valence-corrected chi connectivity index (χ1v) is 42.1. The summed E-state index contributed by atoms with van der Waals surface area (Å²) in [5.74, 6) is 3.79. The average Bonchev–Trinajstić information content (AvgIpc) is 1.70. The molecule has 0 unspecified atom stereocenters. The van der Waals surface area contributed by atoms with Gasteiger partial charge < -0.3 is 118 Å². The predicted molar refractivity (Wildman–Crippen MR) is 448 cm³/mol. The number of hydrogen-bond acceptors (Lipinski definition) is 28. The van der Waals surface area contributed by atoms with E-state index >= 15 is 0 Å². The van der Waals surface area contributed by atoms with Crippen molar-refractivity contribution in [3.63, 3.8) is 0 Å². The molecular weight excluding hydrogens is 1610 g/mol. The van der Waals surface area contributed by atoms with Gasteiger partial charge >= 0.3 is 0 Å². The van der Waals surface area contributed by atoms with E-state index in [1.54, 1.807) is 19.2 Å². The number of benzene rings is 4. The summed E-state index contributed by atoms with van der Waals surface area (Å²) in [7, 11) is 0. The van der Waals surface area contributed by atoms with Gasteiger partial charge in [0.2, 0.25) is 0 Å². The van der Waals surface area contributed by atoms with Crippen molar-refractivity contribution in [3.8, 4) is 46.0 Å². The fourth-order valence-electron chi connectivity index (χ4n) is 18.2. The Morgan fingerprint density at radius 2 is 0.823 bits per heavy atom. The van der Waals surface area contributed by atoms with Gasteiger partial charge in [-0.1, -0.05) is 6.07 Å². The molecule has 0 bridgehead atoms. The van der Waals surface area contributed by atoms with Gasteiger partial charge in [0.15, 0.2) is 11.6 Å². The van der Waals surface area contributed by atoms with Crippen LogP contribution in [0.5, 0.6) is 46.0 Å². The third kappa shape index (κ3) is 16.8. The van der Waals surface area contributed by atoms with Crippen LogP contribution in [0.1, 0.15) is 132 Å². The monoisotopic (exact) mass is 1710 g/mol. The Bertz CT molecular complexity index is 5840. The molecule has 0 spiro atoms. The molecule has 8 aliphatic rings. The van der Waals surface area contributed by atoms with Crippen molar-refractivity contribution in [3.05, 3.63) is 190 Å². The lowest BCUT2D eigenvalue weighted by molar-refractivity contribution is -0.0167. The van der Waals surface area contributed by atoms with Crippen LogP contribution in [-0.4, -0.2) is 224 Å². The number of fused-ring (bicyclic) bond motifs is 8. The Hall–Kier alpha value is -10.9. The highest BCUT2D eigenvalue weighted by atomic mass is 19.3. The molecule has 12 N–H and O–H groups in total. The molecule has 12 heterocycles. The zero-order valence-electron chi connectivity index (χ0n) is 69.6. The zero-order valence-corrected chi connectivity index (χ0v) is 69.6. The van der Waals surface area contributed by atoms with Crippen molar-refractivity contribution in [2.24, 2.45) is 0 Å². The van der Waals surface area contributed by atoms with Crippen LogP contribution >= 0.6 is 0 Å². The fourth-order valence-corrected chi connectivity index (χ4v) is 18.2. The molecule has 0 saturated heterocycles. The molecule has 4 aliphatic carbocycles. The largest absolute Gasteiger partial charge is 0.492 e. The lowest BCUT2D eigenvalue weighted by Crippen LogP contribution is -2.35. The Balaban J connectivity index is 0.000000117. The highest BCUT2D eigenvalue weighted by Gasteiger charge is 2.49. The second-order valence-corrected chi connectivity index (χ2v) is 32.9. The number of aliphatic hydroxyl groups excluding tert-OH is 8. The topological polar surface area (TPSA) is 407 Å². The van der Waals surface area contributed by atoms with E-state index in [0.29, 0.717) is 137 Å². The minimum Gasteiger partial charge on any atom is -0.492 e. The van der Waals surface area contributed by atoms with E-state index in [4.69, 9.17) is 37.9 Å². The molecule has 4 aliphatic heterocycles. The molecule has 656 valence electrons. The first-order valence-electron chi connectivity index (χ1n) is 42.1. The van der Waals surface area contributed by atoms with Gasteiger partial charge in [-0.15, -0.1) is 0 Å². The van der Waals surface area contributed by atoms with Gasteiger partial charge in [-0.25, -0.2) is 53.0 Å². The normalized spacial score (nSPS) is 26.4. The summed E-state index contributed by atoms with van der Waals surface area (Å²) in [5, 5.41) is 103. The minimum atomic E-state index is -2.69. The Kier molecular flexibility index (Phi) is 25.0. The van der Waals surface area contributed by atoms with E-state index in [1.165, 1.54) is 37.4 Å². The lowest BCUT2D eigenvalue weighted by Gasteiger charge is -2.26. The minimum absolute atomic E-state index is 0.149. The Morgan fingerprint density at radius 1 is 0.427 bits per heavy atom. The summed E-state index contributed by atoms with van der Waals surface area (Å²) < 4.78 is 97.0. The molecule has 4 fully saturated rings. The highest BCUT2D eigenvalue weighted by Crippen LogP contribution is 2.46. The SMILES string of the molecule is CCOc1cc(O[C@H]2C[C@@H](n3ccc4c(C)ncnc43)[C@H](O)[C@@H]2O)c2c(c1F)CCNC2.Cc1cc2c(c(O[C@H]3C[C@@H](n4ccc5c(C)ncnc54)[C@H](O)[C@@H]3O)c1)CNCCO2.Cc1ncnc2c1ccn2[C@@H]1C[C@H](Oc2cc(C(F)F)cc3c2CNCCO3)[C@@H](O)[C@H]1O.Cc1ncnc2c1ccn2[C@@H]1C[C@H](Oc2cccc3c2CN[C@@H](C)CO3)[C@@H](O)[C@H]1O. The standard InChI is InChI=1S/C23H27FN4O4.C22H24F2N4O4.2C22H26N4O4/c1-3-31-18-9-17(15-10-25-6-4-14(15)20(18)24)32-19-8-16(21(29)22(19)30)28-7-5-13-12(2)26-11-27-23(13)28;1-11-13-2-4-28(22(13)27-10-26-11)15-8-18(20(30)19(15)29)32-17-7-12(21(23)24)6-16-14(17)9-25-3-5-31-16;1-12-7-17-15(10-23-4-6-29-17)18(8-12)30-19-9-16(20(27)21(19)28)26-5-3-14-13(2)24-11-25-22(14)26;1-12-10-29-17-4-3-5-18(15(17)9-23-12)30-19-8-16(20(27)21(19)28)26-7-6-14-13(2)24-11-25-22(14)26/h5,7,9,11,16,19,21-22,25,29-30H,3-4,6,8,10H2,1-2H3;2,4,6-7,10,15,18-21,25,29-30H,3,5,8-9H2,1H3;3,5,7-8,11,16,19-21,23,27-28H,4,6,9-10H2,1-2H3;3-7,11-12,16,19-21,23,27-28H,8-10H2,1-2H3/t16-,19+,21+,22-;15-,18+,19+,20-;16-,19+,20+,21-;12-,16+,19-,20-,21+/m1110/s1. The van der Waals surface area contributed by atoms with Crippen molar-refractivity contribution in [1.82, 2.24) is 79.4 Å². The summed E-state index contributed by atoms with van der Waals surface area (Å²) in [4.78, 5) is 34.3. The van der Waals surface area contributed by atoms with E-state index in [9.17, 15) is 54.0 Å². The Morgan fingerprint density at radius 3 is 1.26 bits per heavy atom. The number of halogens is 3. The maximum absolute atomic E-state index is 14.9.